The van der Waals surface area contributed by atoms with Gasteiger partial charge in [-0.15, -0.1) is 0 Å². The molecule has 0 saturated heterocycles. The number of hydrogen-bond acceptors (Lipinski definition) is 4. The van der Waals surface area contributed by atoms with Gasteiger partial charge in [-0.05, 0) is 31.5 Å². The summed E-state index contributed by atoms with van der Waals surface area (Å²) < 4.78 is 1.60. The molecule has 0 aliphatic heterocycles. The van der Waals surface area contributed by atoms with Crippen LogP contribution in [0.3, 0.4) is 0 Å². The Morgan fingerprint density at radius 3 is 2.60 bits per heavy atom. The lowest BCUT2D eigenvalue weighted by atomic mass is 10.0. The van der Waals surface area contributed by atoms with Gasteiger partial charge >= 0.3 is 0 Å². The normalized spacial score (nSPS) is 10.7. The van der Waals surface area contributed by atoms with Crippen molar-refractivity contribution in [2.24, 2.45) is 0 Å². The van der Waals surface area contributed by atoms with Crippen molar-refractivity contribution in [1.29, 1.82) is 0 Å². The number of aryl methyl sites for hydroxylation is 2. The minimum absolute atomic E-state index is 0.510. The molecule has 0 unspecified atom stereocenters. The second-order valence-corrected chi connectivity index (χ2v) is 4.74. The first-order valence-corrected chi connectivity index (χ1v) is 6.35. The maximum Gasteiger partial charge on any atom is 0.250 e. The molecule has 0 fully saturated rings. The van der Waals surface area contributed by atoms with Crippen molar-refractivity contribution in [2.45, 2.75) is 13.8 Å². The summed E-state index contributed by atoms with van der Waals surface area (Å²) in [5, 5.41) is 4.52. The summed E-state index contributed by atoms with van der Waals surface area (Å²) in [6, 6.07) is 8.00. The second-order valence-electron chi connectivity index (χ2n) is 4.74. The number of hydrogen-bond donors (Lipinski definition) is 1. The number of rotatable bonds is 2. The topological polar surface area (TPSA) is 69.6 Å². The Morgan fingerprint density at radius 1 is 1.10 bits per heavy atom. The van der Waals surface area contributed by atoms with Crippen LogP contribution in [-0.2, 0) is 0 Å². The van der Waals surface area contributed by atoms with Crippen molar-refractivity contribution in [3.05, 3.63) is 54.0 Å². The van der Waals surface area contributed by atoms with Crippen molar-refractivity contribution in [2.75, 3.05) is 5.73 Å². The quantitative estimate of drug-likeness (QED) is 0.773. The average molecular weight is 265 g/mol. The van der Waals surface area contributed by atoms with E-state index in [0.29, 0.717) is 11.6 Å². The van der Waals surface area contributed by atoms with Crippen molar-refractivity contribution in [3.8, 4) is 17.2 Å². The zero-order chi connectivity index (χ0) is 14.1. The molecule has 2 aromatic heterocycles. The van der Waals surface area contributed by atoms with Crippen LogP contribution in [0.15, 0.2) is 42.9 Å². The van der Waals surface area contributed by atoms with Crippen molar-refractivity contribution in [3.63, 3.8) is 0 Å². The van der Waals surface area contributed by atoms with Crippen LogP contribution in [0.1, 0.15) is 11.1 Å². The van der Waals surface area contributed by atoms with Gasteiger partial charge < -0.3 is 5.73 Å². The van der Waals surface area contributed by atoms with Gasteiger partial charge in [-0.25, -0.2) is 14.6 Å². The van der Waals surface area contributed by atoms with Crippen molar-refractivity contribution in [1.82, 2.24) is 19.7 Å². The largest absolute Gasteiger partial charge is 0.396 e. The molecular weight excluding hydrogens is 250 g/mol. The Kier molecular flexibility index (Phi) is 2.95. The van der Waals surface area contributed by atoms with Crippen LogP contribution in [0.25, 0.3) is 17.2 Å². The molecule has 0 spiro atoms. The zero-order valence-electron chi connectivity index (χ0n) is 11.4. The Hall–Kier alpha value is -2.69. The molecule has 1 aromatic carbocycles. The summed E-state index contributed by atoms with van der Waals surface area (Å²) in [6.07, 6.45) is 5.10. The van der Waals surface area contributed by atoms with Crippen LogP contribution in [0, 0.1) is 13.8 Å². The summed E-state index contributed by atoms with van der Waals surface area (Å²) in [6.45, 7) is 4.10. The number of anilines is 1. The standard InChI is InChI=1S/C15H15N5/c1-10-4-5-11(2)12(8-10)14-13(16)9-20(19-14)15-17-6-3-7-18-15/h3-9H,16H2,1-2H3. The third kappa shape index (κ3) is 2.14. The predicted octanol–water partition coefficient (Wildman–Crippen LogP) is 2.53. The fourth-order valence-corrected chi connectivity index (χ4v) is 2.10. The van der Waals surface area contributed by atoms with E-state index in [2.05, 4.69) is 40.2 Å². The Labute approximate surface area is 117 Å². The number of nitrogens with zero attached hydrogens (tertiary/aromatic N) is 4. The molecule has 2 heterocycles. The summed E-state index contributed by atoms with van der Waals surface area (Å²) in [5.41, 5.74) is 10.8. The summed E-state index contributed by atoms with van der Waals surface area (Å²) in [5.74, 6) is 0.510. The molecule has 0 amide bonds. The molecular formula is C15H15N5. The maximum atomic E-state index is 6.09. The SMILES string of the molecule is Cc1ccc(C)c(-c2nn(-c3ncccn3)cc2N)c1. The smallest absolute Gasteiger partial charge is 0.250 e. The Balaban J connectivity index is 2.12. The van der Waals surface area contributed by atoms with E-state index in [1.54, 1.807) is 29.3 Å². The summed E-state index contributed by atoms with van der Waals surface area (Å²) in [4.78, 5) is 8.34. The van der Waals surface area contributed by atoms with Crippen molar-refractivity contribution < 1.29 is 0 Å². The van der Waals surface area contributed by atoms with Crippen LogP contribution >= 0.6 is 0 Å². The van der Waals surface area contributed by atoms with Gasteiger partial charge in [-0.1, -0.05) is 17.7 Å². The maximum absolute atomic E-state index is 6.09. The monoisotopic (exact) mass is 265 g/mol. The molecule has 3 rings (SSSR count). The van der Waals surface area contributed by atoms with E-state index in [4.69, 9.17) is 5.73 Å². The van der Waals surface area contributed by atoms with Gasteiger partial charge in [-0.3, -0.25) is 0 Å². The van der Waals surface area contributed by atoms with Crippen molar-refractivity contribution >= 4 is 5.69 Å². The van der Waals surface area contributed by atoms with Gasteiger partial charge in [-0.2, -0.15) is 5.10 Å². The average Bonchev–Trinajstić information content (AvgIpc) is 2.84. The van der Waals surface area contributed by atoms with E-state index in [1.807, 2.05) is 6.92 Å². The van der Waals surface area contributed by atoms with E-state index < -0.39 is 0 Å². The molecule has 3 aromatic rings. The minimum Gasteiger partial charge on any atom is -0.396 e. The molecule has 2 N–H and O–H groups in total. The highest BCUT2D eigenvalue weighted by Gasteiger charge is 2.12. The van der Waals surface area contributed by atoms with Crippen LogP contribution in [0.5, 0.6) is 0 Å². The first-order valence-electron chi connectivity index (χ1n) is 6.35. The first-order chi connectivity index (χ1) is 9.65. The molecule has 0 atom stereocenters. The first kappa shape index (κ1) is 12.3. The molecule has 0 radical (unpaired) electrons. The zero-order valence-corrected chi connectivity index (χ0v) is 11.4. The van der Waals surface area contributed by atoms with Crippen LogP contribution in [-0.4, -0.2) is 19.7 Å². The van der Waals surface area contributed by atoms with E-state index in [-0.39, 0.29) is 0 Å². The highest BCUT2D eigenvalue weighted by molar-refractivity contribution is 5.75. The summed E-state index contributed by atoms with van der Waals surface area (Å²) in [7, 11) is 0. The molecule has 0 bridgehead atoms. The van der Waals surface area contributed by atoms with Gasteiger partial charge in [0, 0.05) is 18.0 Å². The lowest BCUT2D eigenvalue weighted by molar-refractivity contribution is 0.811. The van der Waals surface area contributed by atoms with E-state index in [0.717, 1.165) is 16.8 Å². The predicted molar refractivity (Wildman–Crippen MR) is 78.5 cm³/mol. The fourth-order valence-electron chi connectivity index (χ4n) is 2.10. The van der Waals surface area contributed by atoms with Gasteiger partial charge in [0.2, 0.25) is 0 Å². The number of aromatic nitrogens is 4. The van der Waals surface area contributed by atoms with Crippen LogP contribution in [0.4, 0.5) is 5.69 Å². The van der Waals surface area contributed by atoms with E-state index in [1.165, 1.54) is 5.56 Å². The lowest BCUT2D eigenvalue weighted by Crippen LogP contribution is -2.00. The number of nitrogens with two attached hydrogens (primary N) is 1. The fraction of sp³-hybridized carbons (Fsp3) is 0.133. The molecule has 5 nitrogen and oxygen atoms in total. The van der Waals surface area contributed by atoms with Crippen LogP contribution < -0.4 is 5.73 Å². The minimum atomic E-state index is 0.510. The molecule has 5 heteroatoms. The molecule has 0 aliphatic carbocycles. The number of nitrogen functional groups attached to an aromatic ring is 1. The van der Waals surface area contributed by atoms with E-state index >= 15 is 0 Å². The molecule has 0 saturated carbocycles. The Bertz CT molecular complexity index is 746. The van der Waals surface area contributed by atoms with Gasteiger partial charge in [0.25, 0.3) is 5.95 Å². The highest BCUT2D eigenvalue weighted by atomic mass is 15.3. The highest BCUT2D eigenvalue weighted by Crippen LogP contribution is 2.28. The molecule has 0 aliphatic rings. The van der Waals surface area contributed by atoms with Crippen LogP contribution in [0.2, 0.25) is 0 Å². The Morgan fingerprint density at radius 2 is 1.85 bits per heavy atom. The van der Waals surface area contributed by atoms with Gasteiger partial charge in [0.1, 0.15) is 5.69 Å². The molecule has 100 valence electrons. The van der Waals surface area contributed by atoms with Gasteiger partial charge in [0.05, 0.1) is 11.9 Å². The van der Waals surface area contributed by atoms with E-state index in [9.17, 15) is 0 Å². The summed E-state index contributed by atoms with van der Waals surface area (Å²) >= 11 is 0. The third-order valence-electron chi connectivity index (χ3n) is 3.15. The second kappa shape index (κ2) is 4.77. The third-order valence-corrected chi connectivity index (χ3v) is 3.15. The molecule has 20 heavy (non-hydrogen) atoms. The number of benzene rings is 1. The van der Waals surface area contributed by atoms with Gasteiger partial charge in [0.15, 0.2) is 0 Å². The lowest BCUT2D eigenvalue weighted by Gasteiger charge is -2.05.